The Kier molecular flexibility index (Phi) is 9.56. The third-order valence-electron chi connectivity index (χ3n) is 5.01. The fraction of sp³-hybridized carbons (Fsp3) is 0.417. The van der Waals surface area contributed by atoms with Crippen LogP contribution in [0.3, 0.4) is 0 Å². The van der Waals surface area contributed by atoms with Crippen LogP contribution in [0.5, 0.6) is 0 Å². The maximum absolute atomic E-state index is 13.6. The molecule has 2 amide bonds. The summed E-state index contributed by atoms with van der Waals surface area (Å²) in [6.07, 6.45) is 1.22. The summed E-state index contributed by atoms with van der Waals surface area (Å²) < 4.78 is 39.6. The summed E-state index contributed by atoms with van der Waals surface area (Å²) in [5.41, 5.74) is 0.0692. The molecule has 0 saturated heterocycles. The van der Waals surface area contributed by atoms with E-state index in [0.717, 1.165) is 10.6 Å². The van der Waals surface area contributed by atoms with Gasteiger partial charge in [-0.25, -0.2) is 12.8 Å². The van der Waals surface area contributed by atoms with Crippen LogP contribution in [0.4, 0.5) is 10.1 Å². The van der Waals surface area contributed by atoms with Crippen molar-refractivity contribution in [1.82, 2.24) is 10.2 Å². The molecule has 7 nitrogen and oxygen atoms in total. The molecule has 0 aromatic heterocycles. The lowest BCUT2D eigenvalue weighted by atomic mass is 10.1. The zero-order valence-corrected chi connectivity index (χ0v) is 22.6. The number of carbonyl (C=O) groups excluding carboxylic acids is 2. The average Bonchev–Trinajstić information content (AvgIpc) is 2.73. The molecule has 0 aliphatic heterocycles. The largest absolute Gasteiger partial charge is 0.350 e. The van der Waals surface area contributed by atoms with E-state index in [4.69, 9.17) is 23.2 Å². The number of nitrogens with zero attached hydrogens (tertiary/aromatic N) is 2. The fourth-order valence-electron chi connectivity index (χ4n) is 3.43. The van der Waals surface area contributed by atoms with Gasteiger partial charge in [0.1, 0.15) is 18.4 Å². The predicted molar refractivity (Wildman–Crippen MR) is 138 cm³/mol. The zero-order valence-electron chi connectivity index (χ0n) is 20.3. The summed E-state index contributed by atoms with van der Waals surface area (Å²) in [5, 5.41) is 3.20. The van der Waals surface area contributed by atoms with Gasteiger partial charge in [-0.3, -0.25) is 13.9 Å². The Morgan fingerprint density at radius 3 is 2.20 bits per heavy atom. The Balaban J connectivity index is 2.49. The first-order valence-corrected chi connectivity index (χ1v) is 13.5. The summed E-state index contributed by atoms with van der Waals surface area (Å²) in [7, 11) is -3.95. The minimum Gasteiger partial charge on any atom is -0.350 e. The van der Waals surface area contributed by atoms with Crippen molar-refractivity contribution in [3.8, 4) is 0 Å². The van der Waals surface area contributed by atoms with E-state index in [-0.39, 0.29) is 34.6 Å². The van der Waals surface area contributed by atoms with Gasteiger partial charge < -0.3 is 10.2 Å². The van der Waals surface area contributed by atoms with Gasteiger partial charge in [0.2, 0.25) is 21.8 Å². The van der Waals surface area contributed by atoms with Crippen molar-refractivity contribution in [2.24, 2.45) is 0 Å². The predicted octanol–water partition coefficient (Wildman–Crippen LogP) is 4.62. The van der Waals surface area contributed by atoms with Gasteiger partial charge in [0, 0.05) is 17.1 Å². The van der Waals surface area contributed by atoms with Crippen LogP contribution in [0, 0.1) is 5.82 Å². The number of anilines is 1. The summed E-state index contributed by atoms with van der Waals surface area (Å²) in [6, 6.07) is 8.91. The van der Waals surface area contributed by atoms with Gasteiger partial charge in [-0.05, 0) is 63.1 Å². The van der Waals surface area contributed by atoms with Crippen LogP contribution in [0.25, 0.3) is 0 Å². The van der Waals surface area contributed by atoms with E-state index < -0.39 is 39.9 Å². The third kappa shape index (κ3) is 8.37. The van der Waals surface area contributed by atoms with Crippen LogP contribution in [0.2, 0.25) is 10.0 Å². The summed E-state index contributed by atoms with van der Waals surface area (Å²) >= 11 is 12.3. The van der Waals surface area contributed by atoms with Gasteiger partial charge in [0.25, 0.3) is 0 Å². The molecule has 0 saturated carbocycles. The first-order valence-electron chi connectivity index (χ1n) is 10.9. The van der Waals surface area contributed by atoms with Crippen molar-refractivity contribution in [3.05, 3.63) is 63.9 Å². The van der Waals surface area contributed by atoms with Crippen molar-refractivity contribution in [2.45, 2.75) is 52.2 Å². The number of hydrogen-bond acceptors (Lipinski definition) is 4. The lowest BCUT2D eigenvalue weighted by Gasteiger charge is -2.34. The van der Waals surface area contributed by atoms with E-state index in [1.807, 2.05) is 20.8 Å². The number of nitrogens with one attached hydrogen (secondary N) is 1. The molecule has 11 heteroatoms. The molecule has 192 valence electrons. The van der Waals surface area contributed by atoms with Crippen molar-refractivity contribution < 1.29 is 22.4 Å². The minimum absolute atomic E-state index is 0.0317. The van der Waals surface area contributed by atoms with Crippen molar-refractivity contribution >= 4 is 50.7 Å². The van der Waals surface area contributed by atoms with Gasteiger partial charge in [-0.15, -0.1) is 0 Å². The summed E-state index contributed by atoms with van der Waals surface area (Å²) in [5.74, 6) is -1.46. The molecule has 1 atom stereocenters. The SMILES string of the molecule is CC[C@@H](C(=O)NC(C)(C)C)N(Cc1ccc(F)cc1)C(=O)CN(c1cc(Cl)ccc1Cl)S(C)(=O)=O. The van der Waals surface area contributed by atoms with Crippen molar-refractivity contribution in [3.63, 3.8) is 0 Å². The van der Waals surface area contributed by atoms with E-state index in [2.05, 4.69) is 5.32 Å². The fourth-order valence-corrected chi connectivity index (χ4v) is 4.72. The molecule has 1 N–H and O–H groups in total. The second-order valence-corrected chi connectivity index (χ2v) is 11.9. The van der Waals surface area contributed by atoms with Gasteiger partial charge in [-0.1, -0.05) is 42.3 Å². The van der Waals surface area contributed by atoms with Crippen LogP contribution < -0.4 is 9.62 Å². The first-order chi connectivity index (χ1) is 16.1. The third-order valence-corrected chi connectivity index (χ3v) is 6.69. The number of rotatable bonds is 9. The number of hydrogen-bond donors (Lipinski definition) is 1. The normalized spacial score (nSPS) is 12.7. The Morgan fingerprint density at radius 2 is 1.69 bits per heavy atom. The van der Waals surface area contributed by atoms with E-state index in [1.165, 1.54) is 47.4 Å². The second-order valence-electron chi connectivity index (χ2n) is 9.18. The highest BCUT2D eigenvalue weighted by Gasteiger charge is 2.33. The second kappa shape index (κ2) is 11.6. The minimum atomic E-state index is -3.95. The molecular formula is C24H30Cl2FN3O4S. The topological polar surface area (TPSA) is 86.8 Å². The van der Waals surface area contributed by atoms with Crippen LogP contribution in [-0.4, -0.2) is 49.5 Å². The molecule has 0 bridgehead atoms. The molecule has 0 fully saturated rings. The number of carbonyl (C=O) groups is 2. The van der Waals surface area contributed by atoms with Crippen LogP contribution >= 0.6 is 23.2 Å². The van der Waals surface area contributed by atoms with Gasteiger partial charge in [0.15, 0.2) is 0 Å². The average molecular weight is 546 g/mol. The van der Waals surface area contributed by atoms with E-state index >= 15 is 0 Å². The van der Waals surface area contributed by atoms with E-state index in [9.17, 15) is 22.4 Å². The number of sulfonamides is 1. The molecule has 0 heterocycles. The molecule has 2 aromatic rings. The molecule has 0 unspecified atom stereocenters. The number of halogens is 3. The number of amides is 2. The summed E-state index contributed by atoms with van der Waals surface area (Å²) in [6.45, 7) is 6.55. The van der Waals surface area contributed by atoms with E-state index in [0.29, 0.717) is 5.56 Å². The molecule has 0 aliphatic carbocycles. The molecule has 0 aliphatic rings. The van der Waals surface area contributed by atoms with Crippen LogP contribution in [-0.2, 0) is 26.2 Å². The maximum atomic E-state index is 13.6. The Hall–Kier alpha value is -2.36. The highest BCUT2D eigenvalue weighted by Crippen LogP contribution is 2.31. The smallest absolute Gasteiger partial charge is 0.244 e. The van der Waals surface area contributed by atoms with Crippen molar-refractivity contribution in [2.75, 3.05) is 17.1 Å². The molecule has 35 heavy (non-hydrogen) atoms. The lowest BCUT2D eigenvalue weighted by molar-refractivity contribution is -0.141. The highest BCUT2D eigenvalue weighted by atomic mass is 35.5. The standard InChI is InChI=1S/C24H30Cl2FN3O4S/c1-6-20(23(32)28-24(2,3)4)29(14-16-7-10-18(27)11-8-16)22(31)15-30(35(5,33)34)21-13-17(25)9-12-19(21)26/h7-13,20H,6,14-15H2,1-5H3,(H,28,32)/t20-/m0/s1. The molecule has 0 radical (unpaired) electrons. The van der Waals surface area contributed by atoms with Gasteiger partial charge in [0.05, 0.1) is 17.0 Å². The Bertz CT molecular complexity index is 1170. The molecule has 2 aromatic carbocycles. The van der Waals surface area contributed by atoms with Gasteiger partial charge >= 0.3 is 0 Å². The Morgan fingerprint density at radius 1 is 1.09 bits per heavy atom. The Labute approximate surface area is 216 Å². The lowest BCUT2D eigenvalue weighted by Crippen LogP contribution is -2.55. The molecule has 0 spiro atoms. The number of benzene rings is 2. The van der Waals surface area contributed by atoms with Crippen LogP contribution in [0.1, 0.15) is 39.7 Å². The summed E-state index contributed by atoms with van der Waals surface area (Å²) in [4.78, 5) is 28.0. The quantitative estimate of drug-likeness (QED) is 0.498. The zero-order chi connectivity index (χ0) is 26.6. The van der Waals surface area contributed by atoms with E-state index in [1.54, 1.807) is 6.92 Å². The monoisotopic (exact) mass is 545 g/mol. The van der Waals surface area contributed by atoms with Gasteiger partial charge in [-0.2, -0.15) is 0 Å². The van der Waals surface area contributed by atoms with Crippen molar-refractivity contribution in [1.29, 1.82) is 0 Å². The molecular weight excluding hydrogens is 516 g/mol. The first kappa shape index (κ1) is 28.9. The molecule has 2 rings (SSSR count). The van der Waals surface area contributed by atoms with Crippen LogP contribution in [0.15, 0.2) is 42.5 Å². The highest BCUT2D eigenvalue weighted by molar-refractivity contribution is 7.92. The maximum Gasteiger partial charge on any atom is 0.244 e.